The van der Waals surface area contributed by atoms with Crippen molar-refractivity contribution >= 4 is 11.5 Å². The highest BCUT2D eigenvalue weighted by atomic mass is 16.4. The minimum atomic E-state index is 0.250. The third-order valence-corrected chi connectivity index (χ3v) is 3.38. The molecule has 0 radical (unpaired) electrons. The maximum absolute atomic E-state index is 8.68. The molecule has 0 aromatic heterocycles. The first-order valence-electron chi connectivity index (χ1n) is 7.01. The first-order chi connectivity index (χ1) is 10.2. The minimum absolute atomic E-state index is 0.250. The maximum Gasteiger partial charge on any atom is 0.140 e. The SMILES string of the molecule is Cc1ccc(CN(CC/C(N)=N/O)c2ccccc2)cc1. The zero-order valence-corrected chi connectivity index (χ0v) is 12.2. The second-order valence-electron chi connectivity index (χ2n) is 5.08. The fourth-order valence-corrected chi connectivity index (χ4v) is 2.15. The summed E-state index contributed by atoms with van der Waals surface area (Å²) in [5, 5.41) is 11.7. The normalized spacial score (nSPS) is 11.4. The lowest BCUT2D eigenvalue weighted by Crippen LogP contribution is -2.27. The molecule has 2 rings (SSSR count). The van der Waals surface area contributed by atoms with Gasteiger partial charge < -0.3 is 15.8 Å². The van der Waals surface area contributed by atoms with Crippen LogP contribution in [0.15, 0.2) is 59.8 Å². The quantitative estimate of drug-likeness (QED) is 0.370. The first kappa shape index (κ1) is 14.9. The summed E-state index contributed by atoms with van der Waals surface area (Å²) in [5.41, 5.74) is 9.21. The van der Waals surface area contributed by atoms with E-state index in [-0.39, 0.29) is 5.84 Å². The predicted molar refractivity (Wildman–Crippen MR) is 86.7 cm³/mol. The van der Waals surface area contributed by atoms with E-state index in [0.717, 1.165) is 12.2 Å². The Hall–Kier alpha value is -2.49. The Kier molecular flexibility index (Phi) is 5.21. The van der Waals surface area contributed by atoms with Gasteiger partial charge in [0, 0.05) is 25.2 Å². The molecule has 0 saturated carbocycles. The standard InChI is InChI=1S/C17H21N3O/c1-14-7-9-15(10-8-14)13-20(12-11-17(18)19-21)16-5-3-2-4-6-16/h2-10,21H,11-13H2,1H3,(H2,18,19). The molecule has 0 saturated heterocycles. The summed E-state index contributed by atoms with van der Waals surface area (Å²) < 4.78 is 0. The van der Waals surface area contributed by atoms with Crippen molar-refractivity contribution in [3.63, 3.8) is 0 Å². The number of aryl methyl sites for hydroxylation is 1. The van der Waals surface area contributed by atoms with Crippen LogP contribution < -0.4 is 10.6 Å². The lowest BCUT2D eigenvalue weighted by molar-refractivity contribution is 0.317. The van der Waals surface area contributed by atoms with Crippen LogP contribution in [0.4, 0.5) is 5.69 Å². The van der Waals surface area contributed by atoms with Gasteiger partial charge >= 0.3 is 0 Å². The maximum atomic E-state index is 8.68. The third-order valence-electron chi connectivity index (χ3n) is 3.38. The Morgan fingerprint density at radius 3 is 2.38 bits per heavy atom. The molecule has 0 aliphatic carbocycles. The molecule has 21 heavy (non-hydrogen) atoms. The van der Waals surface area contributed by atoms with Gasteiger partial charge in [-0.2, -0.15) is 0 Å². The van der Waals surface area contributed by atoms with Gasteiger partial charge in [-0.25, -0.2) is 0 Å². The molecule has 0 spiro atoms. The van der Waals surface area contributed by atoms with Gasteiger partial charge in [-0.1, -0.05) is 53.2 Å². The first-order valence-corrected chi connectivity index (χ1v) is 7.01. The average Bonchev–Trinajstić information content (AvgIpc) is 2.53. The smallest absolute Gasteiger partial charge is 0.140 e. The number of amidine groups is 1. The van der Waals surface area contributed by atoms with Crippen molar-refractivity contribution in [2.45, 2.75) is 19.9 Å². The minimum Gasteiger partial charge on any atom is -0.409 e. The summed E-state index contributed by atoms with van der Waals surface area (Å²) in [4.78, 5) is 2.22. The van der Waals surface area contributed by atoms with Crippen molar-refractivity contribution < 1.29 is 5.21 Å². The van der Waals surface area contributed by atoms with Crippen LogP contribution in [0, 0.1) is 6.92 Å². The van der Waals surface area contributed by atoms with Gasteiger partial charge in [-0.3, -0.25) is 0 Å². The number of oxime groups is 1. The Balaban J connectivity index is 2.13. The van der Waals surface area contributed by atoms with Crippen LogP contribution in [0.1, 0.15) is 17.5 Å². The molecule has 2 aromatic rings. The average molecular weight is 283 g/mol. The van der Waals surface area contributed by atoms with Gasteiger partial charge in [0.1, 0.15) is 5.84 Å². The van der Waals surface area contributed by atoms with Crippen molar-refractivity contribution in [1.82, 2.24) is 0 Å². The number of para-hydroxylation sites is 1. The molecule has 0 amide bonds. The lowest BCUT2D eigenvalue weighted by atomic mass is 10.1. The molecule has 0 aliphatic rings. The summed E-state index contributed by atoms with van der Waals surface area (Å²) in [6.07, 6.45) is 0.525. The molecule has 0 atom stereocenters. The number of rotatable bonds is 6. The largest absolute Gasteiger partial charge is 0.409 e. The van der Waals surface area contributed by atoms with Crippen LogP contribution in [0.3, 0.4) is 0 Å². The molecule has 0 heterocycles. The number of nitrogens with two attached hydrogens (primary N) is 1. The highest BCUT2D eigenvalue weighted by Gasteiger charge is 2.08. The number of nitrogens with zero attached hydrogens (tertiary/aromatic N) is 2. The summed E-state index contributed by atoms with van der Waals surface area (Å²) in [6.45, 7) is 3.58. The molecule has 3 N–H and O–H groups in total. The summed E-state index contributed by atoms with van der Waals surface area (Å²) in [5.74, 6) is 0.250. The van der Waals surface area contributed by atoms with Crippen molar-refractivity contribution in [3.8, 4) is 0 Å². The number of hydrogen-bond acceptors (Lipinski definition) is 3. The zero-order valence-electron chi connectivity index (χ0n) is 12.2. The van der Waals surface area contributed by atoms with Crippen LogP contribution in [0.25, 0.3) is 0 Å². The highest BCUT2D eigenvalue weighted by molar-refractivity contribution is 5.80. The van der Waals surface area contributed by atoms with Crippen LogP contribution in [0.5, 0.6) is 0 Å². The van der Waals surface area contributed by atoms with Gasteiger partial charge in [0.05, 0.1) is 0 Å². The van der Waals surface area contributed by atoms with Gasteiger partial charge in [0.25, 0.3) is 0 Å². The Morgan fingerprint density at radius 1 is 1.10 bits per heavy atom. The second-order valence-corrected chi connectivity index (χ2v) is 5.08. The van der Waals surface area contributed by atoms with Crippen molar-refractivity contribution in [2.24, 2.45) is 10.9 Å². The molecule has 4 heteroatoms. The fourth-order valence-electron chi connectivity index (χ4n) is 2.15. The Labute approximate surface area is 125 Å². The summed E-state index contributed by atoms with van der Waals surface area (Å²) in [7, 11) is 0. The van der Waals surface area contributed by atoms with Crippen LogP contribution >= 0.6 is 0 Å². The molecule has 0 unspecified atom stereocenters. The molecule has 0 bridgehead atoms. The fraction of sp³-hybridized carbons (Fsp3) is 0.235. The highest BCUT2D eigenvalue weighted by Crippen LogP contribution is 2.17. The van der Waals surface area contributed by atoms with E-state index in [1.54, 1.807) is 0 Å². The van der Waals surface area contributed by atoms with E-state index in [1.165, 1.54) is 11.1 Å². The van der Waals surface area contributed by atoms with Crippen LogP contribution in [-0.4, -0.2) is 17.6 Å². The number of benzene rings is 2. The monoisotopic (exact) mass is 283 g/mol. The molecular weight excluding hydrogens is 262 g/mol. The predicted octanol–water partition coefficient (Wildman–Crippen LogP) is 3.14. The summed E-state index contributed by atoms with van der Waals surface area (Å²) in [6, 6.07) is 18.7. The van der Waals surface area contributed by atoms with E-state index in [2.05, 4.69) is 53.4 Å². The Morgan fingerprint density at radius 2 is 1.76 bits per heavy atom. The number of hydrogen-bond donors (Lipinski definition) is 2. The number of anilines is 1. The molecule has 4 nitrogen and oxygen atoms in total. The van der Waals surface area contributed by atoms with Crippen LogP contribution in [0.2, 0.25) is 0 Å². The third kappa shape index (κ3) is 4.53. The van der Waals surface area contributed by atoms with E-state index in [0.29, 0.717) is 13.0 Å². The van der Waals surface area contributed by atoms with Crippen LogP contribution in [-0.2, 0) is 6.54 Å². The lowest BCUT2D eigenvalue weighted by Gasteiger charge is -2.25. The van der Waals surface area contributed by atoms with E-state index in [4.69, 9.17) is 10.9 Å². The molecule has 2 aromatic carbocycles. The van der Waals surface area contributed by atoms with Crippen molar-refractivity contribution in [2.75, 3.05) is 11.4 Å². The van der Waals surface area contributed by atoms with Crippen molar-refractivity contribution in [3.05, 3.63) is 65.7 Å². The van der Waals surface area contributed by atoms with Crippen molar-refractivity contribution in [1.29, 1.82) is 0 Å². The molecular formula is C17H21N3O. The molecule has 0 aliphatic heterocycles. The van der Waals surface area contributed by atoms with E-state index >= 15 is 0 Å². The molecule has 0 fully saturated rings. The van der Waals surface area contributed by atoms with Gasteiger partial charge in [0.15, 0.2) is 0 Å². The second kappa shape index (κ2) is 7.33. The zero-order chi connectivity index (χ0) is 15.1. The summed E-state index contributed by atoms with van der Waals surface area (Å²) >= 11 is 0. The van der Waals surface area contributed by atoms with Gasteiger partial charge in [0.2, 0.25) is 0 Å². The van der Waals surface area contributed by atoms with E-state index in [9.17, 15) is 0 Å². The van der Waals surface area contributed by atoms with E-state index < -0.39 is 0 Å². The topological polar surface area (TPSA) is 61.8 Å². The van der Waals surface area contributed by atoms with E-state index in [1.807, 2.05) is 18.2 Å². The Bertz CT molecular complexity index is 579. The van der Waals surface area contributed by atoms with Gasteiger partial charge in [-0.15, -0.1) is 0 Å². The molecule has 110 valence electrons. The van der Waals surface area contributed by atoms with Gasteiger partial charge in [-0.05, 0) is 24.6 Å².